The van der Waals surface area contributed by atoms with Gasteiger partial charge in [0.2, 0.25) is 0 Å². The molecule has 0 aromatic heterocycles. The molecule has 3 nitrogen and oxygen atoms in total. The Hall–Kier alpha value is -1.06. The van der Waals surface area contributed by atoms with Gasteiger partial charge in [-0.1, -0.05) is 12.1 Å². The van der Waals surface area contributed by atoms with Crippen LogP contribution in [0.3, 0.4) is 0 Å². The van der Waals surface area contributed by atoms with Crippen LogP contribution in [0.15, 0.2) is 24.3 Å². The summed E-state index contributed by atoms with van der Waals surface area (Å²) in [6, 6.07) is 9.73. The Labute approximate surface area is 115 Å². The van der Waals surface area contributed by atoms with Crippen LogP contribution in [0.4, 0.5) is 5.69 Å². The van der Waals surface area contributed by atoms with E-state index >= 15 is 0 Å². The first-order chi connectivity index (χ1) is 9.35. The average Bonchev–Trinajstić information content (AvgIpc) is 3.30. The highest BCUT2D eigenvalue weighted by Crippen LogP contribution is 2.24. The van der Waals surface area contributed by atoms with Gasteiger partial charge in [0.05, 0.1) is 0 Å². The third-order valence-electron chi connectivity index (χ3n) is 4.35. The molecule has 0 radical (unpaired) electrons. The van der Waals surface area contributed by atoms with Crippen molar-refractivity contribution < 1.29 is 5.11 Å². The number of hydrogen-bond acceptors (Lipinski definition) is 3. The summed E-state index contributed by atoms with van der Waals surface area (Å²) in [6.07, 6.45) is 4.92. The van der Waals surface area contributed by atoms with Crippen molar-refractivity contribution in [3.63, 3.8) is 0 Å². The van der Waals surface area contributed by atoms with Crippen LogP contribution in [0.1, 0.15) is 31.2 Å². The van der Waals surface area contributed by atoms with Crippen molar-refractivity contribution in [1.82, 2.24) is 5.32 Å². The molecule has 1 aromatic rings. The maximum absolute atomic E-state index is 9.17. The van der Waals surface area contributed by atoms with Crippen LogP contribution in [0, 0.1) is 5.92 Å². The quantitative estimate of drug-likeness (QED) is 0.851. The standard InChI is InChI=1S/C16H24N2O/c19-12-14-7-9-18(10-8-14)16-5-1-13(2-6-16)11-17-15-3-4-15/h1-2,5-6,14-15,17,19H,3-4,7-12H2. The van der Waals surface area contributed by atoms with Crippen molar-refractivity contribution in [3.05, 3.63) is 29.8 Å². The first-order valence-corrected chi connectivity index (χ1v) is 7.53. The van der Waals surface area contributed by atoms with E-state index in [1.807, 2.05) is 0 Å². The van der Waals surface area contributed by atoms with Gasteiger partial charge in [-0.15, -0.1) is 0 Å². The lowest BCUT2D eigenvalue weighted by atomic mass is 9.97. The third kappa shape index (κ3) is 3.48. The maximum Gasteiger partial charge on any atom is 0.0460 e. The highest BCUT2D eigenvalue weighted by molar-refractivity contribution is 5.48. The van der Waals surface area contributed by atoms with Crippen molar-refractivity contribution in [2.75, 3.05) is 24.6 Å². The van der Waals surface area contributed by atoms with Crippen LogP contribution in [0.5, 0.6) is 0 Å². The lowest BCUT2D eigenvalue weighted by Gasteiger charge is -2.33. The number of piperidine rings is 1. The second kappa shape index (κ2) is 5.93. The Morgan fingerprint density at radius 1 is 1.05 bits per heavy atom. The number of nitrogens with one attached hydrogen (secondary N) is 1. The van der Waals surface area contributed by atoms with E-state index in [2.05, 4.69) is 34.5 Å². The molecule has 0 spiro atoms. The SMILES string of the molecule is OCC1CCN(c2ccc(CNC3CC3)cc2)CC1. The van der Waals surface area contributed by atoms with Gasteiger partial charge in [0.1, 0.15) is 0 Å². The minimum atomic E-state index is 0.347. The summed E-state index contributed by atoms with van der Waals surface area (Å²) < 4.78 is 0. The maximum atomic E-state index is 9.17. The largest absolute Gasteiger partial charge is 0.396 e. The van der Waals surface area contributed by atoms with Gasteiger partial charge < -0.3 is 15.3 Å². The number of rotatable bonds is 5. The predicted octanol–water partition coefficient (Wildman–Crippen LogP) is 2.15. The molecule has 1 saturated heterocycles. The summed E-state index contributed by atoms with van der Waals surface area (Å²) in [5.74, 6) is 0.512. The van der Waals surface area contributed by atoms with Gasteiger partial charge in [0.15, 0.2) is 0 Å². The molecule has 3 heteroatoms. The molecule has 0 unspecified atom stereocenters. The number of anilines is 1. The van der Waals surface area contributed by atoms with Crippen LogP contribution in [-0.2, 0) is 6.54 Å². The van der Waals surface area contributed by atoms with Crippen LogP contribution in [0.2, 0.25) is 0 Å². The Morgan fingerprint density at radius 2 is 1.74 bits per heavy atom. The fourth-order valence-electron chi connectivity index (χ4n) is 2.75. The number of nitrogens with zero attached hydrogens (tertiary/aromatic N) is 1. The van der Waals surface area contributed by atoms with Crippen molar-refractivity contribution >= 4 is 5.69 Å². The van der Waals surface area contributed by atoms with Gasteiger partial charge in [0, 0.05) is 38.0 Å². The normalized spacial score (nSPS) is 20.8. The number of aliphatic hydroxyl groups is 1. The zero-order chi connectivity index (χ0) is 13.1. The highest BCUT2D eigenvalue weighted by Gasteiger charge is 2.20. The molecule has 2 aliphatic rings. The molecule has 0 amide bonds. The third-order valence-corrected chi connectivity index (χ3v) is 4.35. The molecule has 1 aromatic carbocycles. The minimum Gasteiger partial charge on any atom is -0.396 e. The van der Waals surface area contributed by atoms with Crippen molar-refractivity contribution in [1.29, 1.82) is 0 Å². The average molecular weight is 260 g/mol. The summed E-state index contributed by atoms with van der Waals surface area (Å²) in [4.78, 5) is 2.43. The van der Waals surface area contributed by atoms with Gasteiger partial charge in [-0.05, 0) is 49.3 Å². The second-order valence-electron chi connectivity index (χ2n) is 5.93. The number of aliphatic hydroxyl groups excluding tert-OH is 1. The smallest absolute Gasteiger partial charge is 0.0460 e. The van der Waals surface area contributed by atoms with E-state index in [1.54, 1.807) is 0 Å². The summed E-state index contributed by atoms with van der Waals surface area (Å²) in [5.41, 5.74) is 2.70. The summed E-state index contributed by atoms with van der Waals surface area (Å²) in [6.45, 7) is 3.49. The van der Waals surface area contributed by atoms with Crippen molar-refractivity contribution in [3.8, 4) is 0 Å². The monoisotopic (exact) mass is 260 g/mol. The molecule has 104 valence electrons. The lowest BCUT2D eigenvalue weighted by Crippen LogP contribution is -2.34. The van der Waals surface area contributed by atoms with Crippen LogP contribution < -0.4 is 10.2 Å². The molecular formula is C16H24N2O. The van der Waals surface area contributed by atoms with E-state index in [0.29, 0.717) is 12.5 Å². The van der Waals surface area contributed by atoms with Gasteiger partial charge in [-0.25, -0.2) is 0 Å². The van der Waals surface area contributed by atoms with E-state index < -0.39 is 0 Å². The predicted molar refractivity (Wildman–Crippen MR) is 78.3 cm³/mol. The topological polar surface area (TPSA) is 35.5 Å². The second-order valence-corrected chi connectivity index (χ2v) is 5.93. The van der Waals surface area contributed by atoms with Crippen molar-refractivity contribution in [2.24, 2.45) is 5.92 Å². The molecule has 1 aliphatic carbocycles. The molecule has 0 bridgehead atoms. The molecule has 0 atom stereocenters. The summed E-state index contributed by atoms with van der Waals surface area (Å²) in [7, 11) is 0. The van der Waals surface area contributed by atoms with E-state index in [1.165, 1.54) is 24.1 Å². The molecule has 2 N–H and O–H groups in total. The Bertz CT molecular complexity index is 392. The van der Waals surface area contributed by atoms with Gasteiger partial charge >= 0.3 is 0 Å². The molecule has 3 rings (SSSR count). The van der Waals surface area contributed by atoms with E-state index in [9.17, 15) is 0 Å². The van der Waals surface area contributed by atoms with Crippen LogP contribution >= 0.6 is 0 Å². The van der Waals surface area contributed by atoms with Crippen LogP contribution in [-0.4, -0.2) is 30.8 Å². The van der Waals surface area contributed by atoms with E-state index in [0.717, 1.165) is 38.5 Å². The fraction of sp³-hybridized carbons (Fsp3) is 0.625. The first kappa shape index (κ1) is 12.9. The zero-order valence-electron chi connectivity index (χ0n) is 11.5. The summed E-state index contributed by atoms with van der Waals surface area (Å²) in [5, 5.41) is 12.7. The molecule has 1 heterocycles. The van der Waals surface area contributed by atoms with Gasteiger partial charge in [0.25, 0.3) is 0 Å². The molecule has 1 saturated carbocycles. The number of hydrogen-bond donors (Lipinski definition) is 2. The molecular weight excluding hydrogens is 236 g/mol. The molecule has 19 heavy (non-hydrogen) atoms. The Kier molecular flexibility index (Phi) is 4.04. The first-order valence-electron chi connectivity index (χ1n) is 7.53. The van der Waals surface area contributed by atoms with Crippen LogP contribution in [0.25, 0.3) is 0 Å². The fourth-order valence-corrected chi connectivity index (χ4v) is 2.75. The minimum absolute atomic E-state index is 0.347. The van der Waals surface area contributed by atoms with E-state index in [-0.39, 0.29) is 0 Å². The Balaban J connectivity index is 1.53. The molecule has 2 fully saturated rings. The highest BCUT2D eigenvalue weighted by atomic mass is 16.3. The van der Waals surface area contributed by atoms with Gasteiger partial charge in [-0.2, -0.15) is 0 Å². The van der Waals surface area contributed by atoms with Gasteiger partial charge in [-0.3, -0.25) is 0 Å². The lowest BCUT2D eigenvalue weighted by molar-refractivity contribution is 0.203. The summed E-state index contributed by atoms with van der Waals surface area (Å²) >= 11 is 0. The van der Waals surface area contributed by atoms with Crippen molar-refractivity contribution in [2.45, 2.75) is 38.3 Å². The molecule has 1 aliphatic heterocycles. The van der Waals surface area contributed by atoms with E-state index in [4.69, 9.17) is 5.11 Å². The zero-order valence-corrected chi connectivity index (χ0v) is 11.5. The number of benzene rings is 1. The Morgan fingerprint density at radius 3 is 2.32 bits per heavy atom.